The SMILES string of the molecule is C/C=C\C/C=N\N(C)CC(=O)N1CCN(c2ccc(CC)c(OC)c2)CC1.CN=C(C)C. The van der Waals surface area contributed by atoms with E-state index >= 15 is 0 Å². The van der Waals surface area contributed by atoms with Gasteiger partial charge in [0.25, 0.3) is 0 Å². The van der Waals surface area contributed by atoms with Crippen LogP contribution in [0.4, 0.5) is 5.69 Å². The molecule has 0 spiro atoms. The maximum absolute atomic E-state index is 12.5. The Labute approximate surface area is 194 Å². The molecule has 1 saturated heterocycles. The first kappa shape index (κ1) is 27.2. The molecule has 0 unspecified atom stereocenters. The van der Waals surface area contributed by atoms with Gasteiger partial charge in [-0.1, -0.05) is 25.1 Å². The number of hydrazone groups is 1. The molecule has 0 aliphatic carbocycles. The topological polar surface area (TPSA) is 60.7 Å². The quantitative estimate of drug-likeness (QED) is 0.347. The van der Waals surface area contributed by atoms with E-state index in [0.29, 0.717) is 6.54 Å². The van der Waals surface area contributed by atoms with Gasteiger partial charge in [0.1, 0.15) is 12.3 Å². The van der Waals surface area contributed by atoms with Crippen molar-refractivity contribution < 1.29 is 9.53 Å². The molecule has 2 rings (SSSR count). The number of aliphatic imine (C=N–C) groups is 1. The van der Waals surface area contributed by atoms with Gasteiger partial charge in [0.05, 0.1) is 7.11 Å². The van der Waals surface area contributed by atoms with Gasteiger partial charge in [0.15, 0.2) is 0 Å². The van der Waals surface area contributed by atoms with Crippen LogP contribution in [-0.2, 0) is 11.2 Å². The summed E-state index contributed by atoms with van der Waals surface area (Å²) in [6.45, 7) is 11.5. The zero-order valence-corrected chi connectivity index (χ0v) is 21.0. The standard InChI is InChI=1S/C21H32N4O2.C4H9N/c1-5-7-8-11-22-23(3)17-21(26)25-14-12-24(13-15-25)19-10-9-18(6-2)20(16-19)27-4;1-4(2)5-3/h5,7,9-11,16H,6,8,12-15,17H2,1-4H3;1-3H3/b7-5-,22-11-;. The molecule has 0 saturated carbocycles. The Morgan fingerprint density at radius 1 is 1.22 bits per heavy atom. The van der Waals surface area contributed by atoms with Crippen LogP contribution >= 0.6 is 0 Å². The molecule has 1 amide bonds. The van der Waals surface area contributed by atoms with E-state index in [1.807, 2.05) is 51.1 Å². The van der Waals surface area contributed by atoms with Crippen LogP contribution < -0.4 is 9.64 Å². The van der Waals surface area contributed by atoms with Crippen LogP contribution in [-0.4, -0.2) is 81.7 Å². The van der Waals surface area contributed by atoms with Gasteiger partial charge in [-0.15, -0.1) is 0 Å². The van der Waals surface area contributed by atoms with Gasteiger partial charge in [-0.3, -0.25) is 14.8 Å². The second-order valence-electron chi connectivity index (χ2n) is 7.81. The molecule has 0 radical (unpaired) electrons. The minimum Gasteiger partial charge on any atom is -0.496 e. The second kappa shape index (κ2) is 15.1. The van der Waals surface area contributed by atoms with Crippen molar-refractivity contribution >= 4 is 23.5 Å². The number of carbonyl (C=O) groups excluding carboxylic acids is 1. The summed E-state index contributed by atoms with van der Waals surface area (Å²) in [6, 6.07) is 6.38. The lowest BCUT2D eigenvalue weighted by atomic mass is 10.1. The molecule has 0 bridgehead atoms. The molecule has 178 valence electrons. The third-order valence-electron chi connectivity index (χ3n) is 5.22. The van der Waals surface area contributed by atoms with Gasteiger partial charge >= 0.3 is 0 Å². The number of amides is 1. The zero-order valence-electron chi connectivity index (χ0n) is 21.0. The number of hydrogen-bond donors (Lipinski definition) is 0. The van der Waals surface area contributed by atoms with Gasteiger partial charge < -0.3 is 14.5 Å². The normalized spacial score (nSPS) is 13.7. The Morgan fingerprint density at radius 2 is 1.88 bits per heavy atom. The van der Waals surface area contributed by atoms with E-state index < -0.39 is 0 Å². The van der Waals surface area contributed by atoms with Crippen molar-refractivity contribution in [3.63, 3.8) is 0 Å². The van der Waals surface area contributed by atoms with Crippen LogP contribution in [0.2, 0.25) is 0 Å². The van der Waals surface area contributed by atoms with E-state index in [9.17, 15) is 4.79 Å². The van der Waals surface area contributed by atoms with E-state index in [1.54, 1.807) is 19.2 Å². The van der Waals surface area contributed by atoms with Crippen molar-refractivity contribution in [2.75, 3.05) is 58.8 Å². The summed E-state index contributed by atoms with van der Waals surface area (Å²) in [7, 11) is 5.34. The molecule has 7 heteroatoms. The fraction of sp³-hybridized carbons (Fsp3) is 0.560. The molecule has 1 aliphatic heterocycles. The fourth-order valence-electron chi connectivity index (χ4n) is 3.16. The summed E-state index contributed by atoms with van der Waals surface area (Å²) in [6.07, 6.45) is 7.57. The summed E-state index contributed by atoms with van der Waals surface area (Å²) < 4.78 is 5.50. The van der Waals surface area contributed by atoms with Gasteiger partial charge in [0, 0.05) is 70.4 Å². The Hall–Kier alpha value is -2.83. The molecular weight excluding hydrogens is 402 g/mol. The smallest absolute Gasteiger partial charge is 0.243 e. The van der Waals surface area contributed by atoms with Crippen molar-refractivity contribution in [3.05, 3.63) is 35.9 Å². The first-order chi connectivity index (χ1) is 15.4. The van der Waals surface area contributed by atoms with E-state index in [0.717, 1.165) is 56.2 Å². The molecular formula is C25H41N5O2. The minimum atomic E-state index is 0.124. The average molecular weight is 444 g/mol. The molecule has 0 atom stereocenters. The number of aryl methyl sites for hydroxylation is 1. The van der Waals surface area contributed by atoms with Gasteiger partial charge in [-0.25, -0.2) is 0 Å². The maximum atomic E-state index is 12.5. The summed E-state index contributed by atoms with van der Waals surface area (Å²) in [5.41, 5.74) is 3.50. The minimum absolute atomic E-state index is 0.124. The van der Waals surface area contributed by atoms with Crippen molar-refractivity contribution in [2.24, 2.45) is 10.1 Å². The average Bonchev–Trinajstić information content (AvgIpc) is 2.81. The van der Waals surface area contributed by atoms with Crippen LogP contribution in [0.5, 0.6) is 5.75 Å². The van der Waals surface area contributed by atoms with E-state index in [4.69, 9.17) is 4.74 Å². The predicted octanol–water partition coefficient (Wildman–Crippen LogP) is 3.89. The molecule has 1 heterocycles. The number of carbonyl (C=O) groups is 1. The lowest BCUT2D eigenvalue weighted by Gasteiger charge is -2.36. The Balaban J connectivity index is 0.000000920. The summed E-state index contributed by atoms with van der Waals surface area (Å²) in [5.74, 6) is 1.06. The maximum Gasteiger partial charge on any atom is 0.243 e. The molecule has 1 aliphatic rings. The third-order valence-corrected chi connectivity index (χ3v) is 5.22. The molecule has 0 aromatic heterocycles. The summed E-state index contributed by atoms with van der Waals surface area (Å²) in [4.78, 5) is 20.5. The van der Waals surface area contributed by atoms with Crippen LogP contribution in [0, 0.1) is 0 Å². The first-order valence-corrected chi connectivity index (χ1v) is 11.3. The summed E-state index contributed by atoms with van der Waals surface area (Å²) in [5, 5.41) is 5.98. The van der Waals surface area contributed by atoms with Crippen molar-refractivity contribution in [1.29, 1.82) is 0 Å². The zero-order chi connectivity index (χ0) is 23.9. The highest BCUT2D eigenvalue weighted by atomic mass is 16.5. The van der Waals surface area contributed by atoms with Crippen LogP contribution in [0.15, 0.2) is 40.4 Å². The third kappa shape index (κ3) is 9.54. The monoisotopic (exact) mass is 443 g/mol. The molecule has 0 N–H and O–H groups in total. The van der Waals surface area contributed by atoms with Gasteiger partial charge in [-0.2, -0.15) is 5.10 Å². The highest BCUT2D eigenvalue weighted by molar-refractivity contribution is 5.79. The Kier molecular flexibility index (Phi) is 12.8. The molecule has 7 nitrogen and oxygen atoms in total. The Bertz CT molecular complexity index is 777. The number of methoxy groups -OCH3 is 1. The number of benzene rings is 1. The molecule has 32 heavy (non-hydrogen) atoms. The second-order valence-corrected chi connectivity index (χ2v) is 7.81. The van der Waals surface area contributed by atoms with E-state index in [2.05, 4.69) is 40.1 Å². The lowest BCUT2D eigenvalue weighted by Crippen LogP contribution is -2.50. The summed E-state index contributed by atoms with van der Waals surface area (Å²) >= 11 is 0. The Morgan fingerprint density at radius 3 is 2.41 bits per heavy atom. The number of rotatable bonds is 8. The predicted molar refractivity (Wildman–Crippen MR) is 136 cm³/mol. The molecule has 1 aromatic carbocycles. The van der Waals surface area contributed by atoms with Gasteiger partial charge in [0.2, 0.25) is 5.91 Å². The van der Waals surface area contributed by atoms with Crippen molar-refractivity contribution in [1.82, 2.24) is 9.91 Å². The van der Waals surface area contributed by atoms with Crippen LogP contribution in [0.1, 0.15) is 39.7 Å². The number of likely N-dealkylation sites (N-methyl/N-ethyl adjacent to an activating group) is 1. The van der Waals surface area contributed by atoms with E-state index in [1.165, 1.54) is 5.56 Å². The van der Waals surface area contributed by atoms with E-state index in [-0.39, 0.29) is 5.91 Å². The number of piperazine rings is 1. The number of allylic oxidation sites excluding steroid dienone is 2. The first-order valence-electron chi connectivity index (χ1n) is 11.3. The van der Waals surface area contributed by atoms with Crippen molar-refractivity contribution in [3.8, 4) is 5.75 Å². The number of anilines is 1. The lowest BCUT2D eigenvalue weighted by molar-refractivity contribution is -0.132. The van der Waals surface area contributed by atoms with Crippen molar-refractivity contribution in [2.45, 2.75) is 40.5 Å². The number of ether oxygens (including phenoxy) is 1. The molecule has 1 aromatic rings. The van der Waals surface area contributed by atoms with Crippen LogP contribution in [0.25, 0.3) is 0 Å². The molecule has 1 fully saturated rings. The number of hydrogen-bond acceptors (Lipinski definition) is 6. The number of nitrogens with zero attached hydrogens (tertiary/aromatic N) is 5. The highest BCUT2D eigenvalue weighted by Crippen LogP contribution is 2.26. The van der Waals surface area contributed by atoms with Crippen LogP contribution in [0.3, 0.4) is 0 Å². The largest absolute Gasteiger partial charge is 0.496 e. The van der Waals surface area contributed by atoms with Gasteiger partial charge in [-0.05, 0) is 38.8 Å². The highest BCUT2D eigenvalue weighted by Gasteiger charge is 2.22. The fourth-order valence-corrected chi connectivity index (χ4v) is 3.16.